The fraction of sp³-hybridized carbons (Fsp3) is 0.188. The van der Waals surface area contributed by atoms with E-state index in [1.54, 1.807) is 7.11 Å². The van der Waals surface area contributed by atoms with E-state index in [4.69, 9.17) is 16.3 Å². The fourth-order valence-electron chi connectivity index (χ4n) is 2.41. The number of nitrogens with zero attached hydrogens (tertiary/aromatic N) is 2. The first-order chi connectivity index (χ1) is 10.1. The summed E-state index contributed by atoms with van der Waals surface area (Å²) in [5, 5.41) is 0. The Morgan fingerprint density at radius 2 is 2.05 bits per heavy atom. The Labute approximate surface area is 136 Å². The number of halogens is 2. The number of ether oxygens (including phenoxy) is 1. The Hall–Kier alpha value is -1.52. The Kier molecular flexibility index (Phi) is 3.91. The van der Waals surface area contributed by atoms with Gasteiger partial charge in [0.05, 0.1) is 29.7 Å². The summed E-state index contributed by atoms with van der Waals surface area (Å²) in [4.78, 5) is 4.61. The summed E-state index contributed by atoms with van der Waals surface area (Å²) in [6.45, 7) is 2.08. The lowest BCUT2D eigenvalue weighted by atomic mass is 10.2. The highest BCUT2D eigenvalue weighted by Crippen LogP contribution is 2.29. The van der Waals surface area contributed by atoms with E-state index in [9.17, 15) is 0 Å². The summed E-state index contributed by atoms with van der Waals surface area (Å²) in [5.74, 6) is 1.97. The zero-order valence-corrected chi connectivity index (χ0v) is 14.1. The van der Waals surface area contributed by atoms with Crippen molar-refractivity contribution < 1.29 is 4.74 Å². The molecule has 3 nitrogen and oxygen atoms in total. The number of aromatic nitrogens is 2. The summed E-state index contributed by atoms with van der Waals surface area (Å²) in [7, 11) is 1.66. The van der Waals surface area contributed by atoms with Gasteiger partial charge in [-0.1, -0.05) is 22.0 Å². The van der Waals surface area contributed by atoms with Crippen LogP contribution in [-0.4, -0.2) is 16.7 Å². The zero-order chi connectivity index (χ0) is 15.0. The third kappa shape index (κ3) is 2.54. The van der Waals surface area contributed by atoms with Crippen LogP contribution in [-0.2, 0) is 5.88 Å². The van der Waals surface area contributed by atoms with Gasteiger partial charge in [0, 0.05) is 10.5 Å². The first kappa shape index (κ1) is 14.4. The topological polar surface area (TPSA) is 27.1 Å². The molecule has 5 heteroatoms. The molecule has 0 saturated heterocycles. The van der Waals surface area contributed by atoms with Crippen LogP contribution >= 0.6 is 27.5 Å². The van der Waals surface area contributed by atoms with Gasteiger partial charge in [-0.25, -0.2) is 4.98 Å². The van der Waals surface area contributed by atoms with Crippen LogP contribution in [0.25, 0.3) is 16.7 Å². The second-order valence-electron chi connectivity index (χ2n) is 4.78. The molecule has 0 N–H and O–H groups in total. The monoisotopic (exact) mass is 364 g/mol. The van der Waals surface area contributed by atoms with Gasteiger partial charge in [-0.2, -0.15) is 0 Å². The van der Waals surface area contributed by atoms with Crippen molar-refractivity contribution in [2.24, 2.45) is 0 Å². The van der Waals surface area contributed by atoms with Gasteiger partial charge in [-0.15, -0.1) is 11.6 Å². The molecule has 3 aromatic rings. The largest absolute Gasteiger partial charge is 0.497 e. The molecule has 0 aliphatic rings. The van der Waals surface area contributed by atoms with Crippen molar-refractivity contribution in [1.82, 2.24) is 9.55 Å². The first-order valence-corrected chi connectivity index (χ1v) is 7.84. The standard InChI is InChI=1S/C16H14BrClN2O/c1-10-3-4-11(17)7-14(10)20-15-8-12(21-2)5-6-13(15)19-16(20)9-18/h3-8H,9H2,1-2H3. The van der Waals surface area contributed by atoms with E-state index in [2.05, 4.69) is 44.5 Å². The summed E-state index contributed by atoms with van der Waals surface area (Å²) in [6, 6.07) is 12.0. The van der Waals surface area contributed by atoms with Crippen LogP contribution in [0, 0.1) is 6.92 Å². The smallest absolute Gasteiger partial charge is 0.129 e. The molecule has 0 spiro atoms. The summed E-state index contributed by atoms with van der Waals surface area (Å²) in [5.41, 5.74) is 4.12. The molecular weight excluding hydrogens is 352 g/mol. The van der Waals surface area contributed by atoms with Crippen molar-refractivity contribution in [2.75, 3.05) is 7.11 Å². The predicted octanol–water partition coefficient (Wildman–Crippen LogP) is 4.84. The predicted molar refractivity (Wildman–Crippen MR) is 89.6 cm³/mol. The van der Waals surface area contributed by atoms with Gasteiger partial charge < -0.3 is 4.74 Å². The highest BCUT2D eigenvalue weighted by atomic mass is 79.9. The lowest BCUT2D eigenvalue weighted by Crippen LogP contribution is -2.01. The van der Waals surface area contributed by atoms with E-state index in [-0.39, 0.29) is 0 Å². The maximum absolute atomic E-state index is 6.09. The molecule has 0 bridgehead atoms. The van der Waals surface area contributed by atoms with Gasteiger partial charge in [-0.05, 0) is 36.8 Å². The highest BCUT2D eigenvalue weighted by molar-refractivity contribution is 9.10. The van der Waals surface area contributed by atoms with Crippen molar-refractivity contribution in [3.63, 3.8) is 0 Å². The SMILES string of the molecule is COc1ccc2nc(CCl)n(-c3cc(Br)ccc3C)c2c1. The van der Waals surface area contributed by atoms with Crippen molar-refractivity contribution in [1.29, 1.82) is 0 Å². The molecule has 21 heavy (non-hydrogen) atoms. The molecule has 108 valence electrons. The number of alkyl halides is 1. The molecule has 0 atom stereocenters. The number of aryl methyl sites for hydroxylation is 1. The number of hydrogen-bond donors (Lipinski definition) is 0. The number of fused-ring (bicyclic) bond motifs is 1. The lowest BCUT2D eigenvalue weighted by molar-refractivity contribution is 0.415. The Morgan fingerprint density at radius 1 is 1.24 bits per heavy atom. The van der Waals surface area contributed by atoms with Crippen molar-refractivity contribution in [3.8, 4) is 11.4 Å². The summed E-state index contributed by atoms with van der Waals surface area (Å²) in [6.07, 6.45) is 0. The maximum Gasteiger partial charge on any atom is 0.129 e. The van der Waals surface area contributed by atoms with Crippen molar-refractivity contribution in [3.05, 3.63) is 52.3 Å². The molecular formula is C16H14BrClN2O. The van der Waals surface area contributed by atoms with Crippen LogP contribution in [0.3, 0.4) is 0 Å². The third-order valence-corrected chi connectivity index (χ3v) is 4.20. The van der Waals surface area contributed by atoms with Gasteiger partial charge >= 0.3 is 0 Å². The lowest BCUT2D eigenvalue weighted by Gasteiger charge is -2.12. The van der Waals surface area contributed by atoms with Gasteiger partial charge in [0.25, 0.3) is 0 Å². The Balaban J connectivity index is 2.36. The first-order valence-electron chi connectivity index (χ1n) is 6.52. The minimum Gasteiger partial charge on any atom is -0.497 e. The average molecular weight is 366 g/mol. The van der Waals surface area contributed by atoms with Crippen molar-refractivity contribution >= 4 is 38.6 Å². The summed E-state index contributed by atoms with van der Waals surface area (Å²) < 4.78 is 8.44. The molecule has 0 fully saturated rings. The molecule has 2 aromatic carbocycles. The quantitative estimate of drug-likeness (QED) is 0.621. The summed E-state index contributed by atoms with van der Waals surface area (Å²) >= 11 is 9.62. The Bertz CT molecular complexity index is 813. The average Bonchev–Trinajstić information content (AvgIpc) is 2.87. The third-order valence-electron chi connectivity index (χ3n) is 3.46. The van der Waals surface area contributed by atoms with Gasteiger partial charge in [0.15, 0.2) is 0 Å². The molecule has 0 unspecified atom stereocenters. The van der Waals surface area contributed by atoms with E-state index >= 15 is 0 Å². The Morgan fingerprint density at radius 3 is 2.76 bits per heavy atom. The molecule has 3 rings (SSSR count). The molecule has 1 heterocycles. The number of benzene rings is 2. The second kappa shape index (κ2) is 5.70. The van der Waals surface area contributed by atoms with Gasteiger partial charge in [0.1, 0.15) is 11.6 Å². The molecule has 0 radical (unpaired) electrons. The normalized spacial score (nSPS) is 11.0. The van der Waals surface area contributed by atoms with E-state index in [0.717, 1.165) is 38.3 Å². The number of hydrogen-bond acceptors (Lipinski definition) is 2. The van der Waals surface area contributed by atoms with Gasteiger partial charge in [0.2, 0.25) is 0 Å². The molecule has 0 amide bonds. The van der Waals surface area contributed by atoms with E-state index in [0.29, 0.717) is 5.88 Å². The minimum atomic E-state index is 0.350. The molecule has 1 aromatic heterocycles. The van der Waals surface area contributed by atoms with Crippen LogP contribution in [0.2, 0.25) is 0 Å². The van der Waals surface area contributed by atoms with Crippen molar-refractivity contribution in [2.45, 2.75) is 12.8 Å². The second-order valence-corrected chi connectivity index (χ2v) is 5.97. The van der Waals surface area contributed by atoms with Crippen LogP contribution in [0.5, 0.6) is 5.75 Å². The van der Waals surface area contributed by atoms with E-state index < -0.39 is 0 Å². The van der Waals surface area contributed by atoms with Crippen LogP contribution in [0.1, 0.15) is 11.4 Å². The number of rotatable bonds is 3. The molecule has 0 aliphatic heterocycles. The van der Waals surface area contributed by atoms with Crippen LogP contribution in [0.4, 0.5) is 0 Å². The van der Waals surface area contributed by atoms with E-state index in [1.807, 2.05) is 24.3 Å². The zero-order valence-electron chi connectivity index (χ0n) is 11.7. The molecule has 0 saturated carbocycles. The number of methoxy groups -OCH3 is 1. The molecule has 0 aliphatic carbocycles. The van der Waals surface area contributed by atoms with Crippen LogP contribution < -0.4 is 4.74 Å². The highest BCUT2D eigenvalue weighted by Gasteiger charge is 2.14. The minimum absolute atomic E-state index is 0.350. The van der Waals surface area contributed by atoms with E-state index in [1.165, 1.54) is 0 Å². The van der Waals surface area contributed by atoms with Crippen LogP contribution in [0.15, 0.2) is 40.9 Å². The van der Waals surface area contributed by atoms with Gasteiger partial charge in [-0.3, -0.25) is 4.57 Å². The fourth-order valence-corrected chi connectivity index (χ4v) is 2.94. The maximum atomic E-state index is 6.09. The number of imidazole rings is 1.